The molecule has 2 nitrogen and oxygen atoms in total. The van der Waals surface area contributed by atoms with E-state index in [-0.39, 0.29) is 5.56 Å². The van der Waals surface area contributed by atoms with Crippen LogP contribution >= 0.6 is 15.9 Å². The average Bonchev–Trinajstić information content (AvgIpc) is 2.36. The Hall–Kier alpha value is -1.35. The number of pyridine rings is 1. The Kier molecular flexibility index (Phi) is 4.25. The quantitative estimate of drug-likeness (QED) is 0.835. The normalized spacial score (nSPS) is 11.0. The number of hydrogen-bond acceptors (Lipinski definition) is 1. The van der Waals surface area contributed by atoms with E-state index < -0.39 is 0 Å². The van der Waals surface area contributed by atoms with Crippen molar-refractivity contribution in [3.05, 3.63) is 68.0 Å². The molecular weight excluding hydrogens is 302 g/mol. The summed E-state index contributed by atoms with van der Waals surface area (Å²) in [6.45, 7) is 6.80. The Bertz CT molecular complexity index is 626. The van der Waals surface area contributed by atoms with Crippen molar-refractivity contribution in [2.75, 3.05) is 0 Å². The molecular formula is C16H18BrNO. The minimum absolute atomic E-state index is 0.0659. The van der Waals surface area contributed by atoms with E-state index >= 15 is 0 Å². The van der Waals surface area contributed by atoms with E-state index in [0.29, 0.717) is 12.5 Å². The predicted molar refractivity (Wildman–Crippen MR) is 82.8 cm³/mol. The first-order chi connectivity index (χ1) is 8.97. The van der Waals surface area contributed by atoms with E-state index in [1.807, 2.05) is 19.2 Å². The van der Waals surface area contributed by atoms with Crippen molar-refractivity contribution in [3.63, 3.8) is 0 Å². The molecule has 1 heterocycles. The number of aromatic nitrogens is 1. The summed E-state index contributed by atoms with van der Waals surface area (Å²) in [5.41, 5.74) is 3.29. The fourth-order valence-electron chi connectivity index (χ4n) is 2.06. The lowest BCUT2D eigenvalue weighted by atomic mass is 10.0. The molecule has 0 bridgehead atoms. The molecule has 0 saturated carbocycles. The van der Waals surface area contributed by atoms with Crippen LogP contribution in [0.2, 0.25) is 0 Å². The third-order valence-electron chi connectivity index (χ3n) is 3.23. The highest BCUT2D eigenvalue weighted by atomic mass is 79.9. The van der Waals surface area contributed by atoms with Gasteiger partial charge in [-0.05, 0) is 46.0 Å². The summed E-state index contributed by atoms with van der Waals surface area (Å²) < 4.78 is 2.67. The van der Waals surface area contributed by atoms with Crippen molar-refractivity contribution in [1.82, 2.24) is 4.57 Å². The second kappa shape index (κ2) is 5.74. The lowest BCUT2D eigenvalue weighted by Crippen LogP contribution is -2.22. The topological polar surface area (TPSA) is 22.0 Å². The first kappa shape index (κ1) is 14.1. The standard InChI is InChI=1S/C16H18BrNO/c1-11(2)14-6-4-13(5-7-14)9-18-10-15(17)8-12(3)16(18)19/h4-8,10-11H,9H2,1-3H3. The summed E-state index contributed by atoms with van der Waals surface area (Å²) in [4.78, 5) is 12.0. The van der Waals surface area contributed by atoms with Gasteiger partial charge < -0.3 is 4.57 Å². The van der Waals surface area contributed by atoms with Gasteiger partial charge in [-0.25, -0.2) is 0 Å². The van der Waals surface area contributed by atoms with Crippen LogP contribution in [0.3, 0.4) is 0 Å². The molecule has 0 radical (unpaired) electrons. The van der Waals surface area contributed by atoms with Gasteiger partial charge in [0.1, 0.15) is 0 Å². The Balaban J connectivity index is 2.29. The molecule has 1 aromatic heterocycles. The van der Waals surface area contributed by atoms with E-state index in [1.165, 1.54) is 5.56 Å². The molecule has 2 rings (SSSR count). The number of benzene rings is 1. The van der Waals surface area contributed by atoms with Crippen molar-refractivity contribution in [3.8, 4) is 0 Å². The van der Waals surface area contributed by atoms with E-state index in [2.05, 4.69) is 54.0 Å². The fourth-order valence-corrected chi connectivity index (χ4v) is 2.65. The number of hydrogen-bond donors (Lipinski definition) is 0. The van der Waals surface area contributed by atoms with E-state index in [4.69, 9.17) is 0 Å². The Morgan fingerprint density at radius 1 is 1.21 bits per heavy atom. The highest BCUT2D eigenvalue weighted by Gasteiger charge is 2.04. The summed E-state index contributed by atoms with van der Waals surface area (Å²) in [6, 6.07) is 10.3. The van der Waals surface area contributed by atoms with Crippen LogP contribution in [0, 0.1) is 6.92 Å². The summed E-state index contributed by atoms with van der Waals surface area (Å²) >= 11 is 3.43. The van der Waals surface area contributed by atoms with Crippen LogP contribution in [0.25, 0.3) is 0 Å². The molecule has 19 heavy (non-hydrogen) atoms. The minimum Gasteiger partial charge on any atom is -0.310 e. The van der Waals surface area contributed by atoms with Crippen LogP contribution in [-0.2, 0) is 6.54 Å². The van der Waals surface area contributed by atoms with Crippen LogP contribution in [0.1, 0.15) is 36.5 Å². The van der Waals surface area contributed by atoms with Gasteiger partial charge in [0.25, 0.3) is 5.56 Å². The van der Waals surface area contributed by atoms with Gasteiger partial charge in [-0.3, -0.25) is 4.79 Å². The van der Waals surface area contributed by atoms with E-state index in [0.717, 1.165) is 15.6 Å². The maximum Gasteiger partial charge on any atom is 0.253 e. The average molecular weight is 320 g/mol. The third kappa shape index (κ3) is 3.35. The van der Waals surface area contributed by atoms with Gasteiger partial charge in [0.15, 0.2) is 0 Å². The Morgan fingerprint density at radius 3 is 2.42 bits per heavy atom. The van der Waals surface area contributed by atoms with Crippen molar-refractivity contribution in [2.45, 2.75) is 33.2 Å². The monoisotopic (exact) mass is 319 g/mol. The molecule has 2 aromatic rings. The summed E-state index contributed by atoms with van der Waals surface area (Å²) in [5, 5.41) is 0. The molecule has 0 saturated heterocycles. The van der Waals surface area contributed by atoms with Crippen LogP contribution in [0.4, 0.5) is 0 Å². The van der Waals surface area contributed by atoms with Crippen LogP contribution in [0.5, 0.6) is 0 Å². The number of aryl methyl sites for hydroxylation is 1. The largest absolute Gasteiger partial charge is 0.310 e. The zero-order valence-corrected chi connectivity index (χ0v) is 13.1. The van der Waals surface area contributed by atoms with Crippen molar-refractivity contribution >= 4 is 15.9 Å². The smallest absolute Gasteiger partial charge is 0.253 e. The minimum atomic E-state index is 0.0659. The maximum atomic E-state index is 12.0. The zero-order valence-electron chi connectivity index (χ0n) is 11.5. The highest BCUT2D eigenvalue weighted by molar-refractivity contribution is 9.10. The fraction of sp³-hybridized carbons (Fsp3) is 0.312. The molecule has 0 unspecified atom stereocenters. The van der Waals surface area contributed by atoms with Gasteiger partial charge in [-0.2, -0.15) is 0 Å². The molecule has 0 atom stereocenters. The number of halogens is 1. The SMILES string of the molecule is Cc1cc(Br)cn(Cc2ccc(C(C)C)cc2)c1=O. The molecule has 0 amide bonds. The second-order valence-corrected chi connectivity index (χ2v) is 6.09. The molecule has 3 heteroatoms. The van der Waals surface area contributed by atoms with Gasteiger partial charge >= 0.3 is 0 Å². The van der Waals surface area contributed by atoms with E-state index in [9.17, 15) is 4.79 Å². The lowest BCUT2D eigenvalue weighted by molar-refractivity contribution is 0.748. The lowest BCUT2D eigenvalue weighted by Gasteiger charge is -2.10. The molecule has 0 N–H and O–H groups in total. The maximum absolute atomic E-state index is 12.0. The Labute approximate surface area is 122 Å². The van der Waals surface area contributed by atoms with Crippen molar-refractivity contribution in [2.24, 2.45) is 0 Å². The number of nitrogens with zero attached hydrogens (tertiary/aromatic N) is 1. The van der Waals surface area contributed by atoms with Crippen molar-refractivity contribution < 1.29 is 0 Å². The number of rotatable bonds is 3. The first-order valence-electron chi connectivity index (χ1n) is 6.43. The highest BCUT2D eigenvalue weighted by Crippen LogP contribution is 2.15. The van der Waals surface area contributed by atoms with Crippen LogP contribution < -0.4 is 5.56 Å². The molecule has 0 spiro atoms. The zero-order chi connectivity index (χ0) is 14.0. The molecule has 1 aromatic carbocycles. The third-order valence-corrected chi connectivity index (χ3v) is 3.66. The van der Waals surface area contributed by atoms with Crippen molar-refractivity contribution in [1.29, 1.82) is 0 Å². The van der Waals surface area contributed by atoms with Crippen LogP contribution in [0.15, 0.2) is 45.8 Å². The Morgan fingerprint density at radius 2 is 1.84 bits per heavy atom. The summed E-state index contributed by atoms with van der Waals surface area (Å²) in [6.07, 6.45) is 1.84. The molecule has 0 aliphatic carbocycles. The van der Waals surface area contributed by atoms with Gasteiger partial charge in [0, 0.05) is 16.2 Å². The summed E-state index contributed by atoms with van der Waals surface area (Å²) in [5.74, 6) is 0.532. The molecule has 0 fully saturated rings. The predicted octanol–water partition coefficient (Wildman–Crippen LogP) is 4.09. The molecule has 0 aliphatic rings. The second-order valence-electron chi connectivity index (χ2n) is 5.17. The van der Waals surface area contributed by atoms with Gasteiger partial charge in [0.05, 0.1) is 6.54 Å². The van der Waals surface area contributed by atoms with Crippen LogP contribution in [-0.4, -0.2) is 4.57 Å². The molecule has 100 valence electrons. The molecule has 0 aliphatic heterocycles. The van der Waals surface area contributed by atoms with Gasteiger partial charge in [-0.1, -0.05) is 38.1 Å². The first-order valence-corrected chi connectivity index (χ1v) is 7.22. The van der Waals surface area contributed by atoms with E-state index in [1.54, 1.807) is 4.57 Å². The van der Waals surface area contributed by atoms with Gasteiger partial charge in [-0.15, -0.1) is 0 Å². The summed E-state index contributed by atoms with van der Waals surface area (Å²) in [7, 11) is 0. The van der Waals surface area contributed by atoms with Gasteiger partial charge in [0.2, 0.25) is 0 Å².